The Labute approximate surface area is 153 Å². The molecule has 2 aliphatic heterocycles. The van der Waals surface area contributed by atoms with Gasteiger partial charge in [0, 0.05) is 24.8 Å². The third kappa shape index (κ3) is 2.94. The highest BCUT2D eigenvalue weighted by Gasteiger charge is 2.36. The summed E-state index contributed by atoms with van der Waals surface area (Å²) in [6.45, 7) is 0.809. The normalized spacial score (nSPS) is 19.4. The molecule has 1 unspecified atom stereocenters. The lowest BCUT2D eigenvalue weighted by Gasteiger charge is -2.43. The number of benzene rings is 2. The van der Waals surface area contributed by atoms with Gasteiger partial charge < -0.3 is 15.1 Å². The molecule has 0 saturated carbocycles. The van der Waals surface area contributed by atoms with E-state index in [1.807, 2.05) is 48.3 Å². The number of rotatable bonds is 2. The molecule has 0 spiro atoms. The highest BCUT2D eigenvalue weighted by molar-refractivity contribution is 6.08. The van der Waals surface area contributed by atoms with Gasteiger partial charge in [-0.05, 0) is 49.6 Å². The quantitative estimate of drug-likeness (QED) is 0.899. The molecule has 0 aliphatic carbocycles. The second-order valence-corrected chi connectivity index (χ2v) is 6.99. The Morgan fingerprint density at radius 1 is 1.08 bits per heavy atom. The fourth-order valence-corrected chi connectivity index (χ4v) is 3.92. The minimum Gasteiger partial charge on any atom is -0.354 e. The van der Waals surface area contributed by atoms with Crippen LogP contribution in [0.1, 0.15) is 46.4 Å². The van der Waals surface area contributed by atoms with Crippen molar-refractivity contribution in [2.24, 2.45) is 0 Å². The van der Waals surface area contributed by atoms with Gasteiger partial charge >= 0.3 is 0 Å². The number of fused-ring (bicyclic) bond motifs is 2. The summed E-state index contributed by atoms with van der Waals surface area (Å²) in [5, 5.41) is 2.90. The summed E-state index contributed by atoms with van der Waals surface area (Å²) in [5.41, 5.74) is 2.85. The van der Waals surface area contributed by atoms with E-state index >= 15 is 0 Å². The lowest BCUT2D eigenvalue weighted by molar-refractivity contribution is 0.0661. The predicted molar refractivity (Wildman–Crippen MR) is 103 cm³/mol. The average Bonchev–Trinajstić information content (AvgIpc) is 2.93. The summed E-state index contributed by atoms with van der Waals surface area (Å²) in [7, 11) is 2.02. The van der Waals surface area contributed by atoms with Crippen molar-refractivity contribution in [3.63, 3.8) is 0 Å². The van der Waals surface area contributed by atoms with Gasteiger partial charge in [-0.2, -0.15) is 0 Å². The predicted octanol–water partition coefficient (Wildman–Crippen LogP) is 3.73. The maximum absolute atomic E-state index is 12.9. The summed E-state index contributed by atoms with van der Waals surface area (Å²) in [6.07, 6.45) is 4.41. The van der Waals surface area contributed by atoms with Gasteiger partial charge in [-0.15, -0.1) is 0 Å². The van der Waals surface area contributed by atoms with Crippen LogP contribution in [0.3, 0.4) is 0 Å². The van der Waals surface area contributed by atoms with E-state index in [0.717, 1.165) is 43.6 Å². The van der Waals surface area contributed by atoms with Crippen molar-refractivity contribution in [3.8, 4) is 0 Å². The standard InChI is InChI=1S/C21H23N3O2/c1-23-18-14-15(20(25)22-16-8-4-2-5-9-16)11-12-17(18)21(26)24-13-7-3-6-10-19(23)24/h2,4-5,8-9,11-12,14,19H,3,6-7,10,13H2,1H3,(H,22,25). The van der Waals surface area contributed by atoms with Crippen LogP contribution in [0.4, 0.5) is 11.4 Å². The highest BCUT2D eigenvalue weighted by Crippen LogP contribution is 2.34. The Morgan fingerprint density at radius 2 is 1.88 bits per heavy atom. The fourth-order valence-electron chi connectivity index (χ4n) is 3.92. The van der Waals surface area contributed by atoms with E-state index < -0.39 is 0 Å². The minimum atomic E-state index is -0.164. The number of nitrogens with zero attached hydrogens (tertiary/aromatic N) is 2. The van der Waals surface area contributed by atoms with Crippen LogP contribution in [0, 0.1) is 0 Å². The van der Waals surface area contributed by atoms with Crippen LogP contribution in [-0.4, -0.2) is 36.5 Å². The number of amides is 2. The first-order valence-electron chi connectivity index (χ1n) is 9.19. The number of anilines is 2. The molecule has 0 radical (unpaired) electrons. The molecule has 0 bridgehead atoms. The molecule has 4 rings (SSSR count). The van der Waals surface area contributed by atoms with E-state index in [1.54, 1.807) is 12.1 Å². The topological polar surface area (TPSA) is 52.7 Å². The van der Waals surface area contributed by atoms with Crippen LogP contribution in [0.25, 0.3) is 0 Å². The van der Waals surface area contributed by atoms with Crippen molar-refractivity contribution in [2.75, 3.05) is 23.8 Å². The SMILES string of the molecule is CN1c2cc(C(=O)Nc3ccccc3)ccc2C(=O)N2CCCCCC21. The first-order chi connectivity index (χ1) is 12.6. The molecule has 1 saturated heterocycles. The molecule has 5 heteroatoms. The van der Waals surface area contributed by atoms with Crippen LogP contribution in [0.15, 0.2) is 48.5 Å². The number of hydrogen-bond donors (Lipinski definition) is 1. The first kappa shape index (κ1) is 16.6. The summed E-state index contributed by atoms with van der Waals surface area (Å²) in [4.78, 5) is 29.7. The highest BCUT2D eigenvalue weighted by atomic mass is 16.2. The maximum atomic E-state index is 12.9. The minimum absolute atomic E-state index is 0.0833. The molecule has 134 valence electrons. The average molecular weight is 349 g/mol. The van der Waals surface area contributed by atoms with Crippen molar-refractivity contribution < 1.29 is 9.59 Å². The fraction of sp³-hybridized carbons (Fsp3) is 0.333. The summed E-state index contributed by atoms with van der Waals surface area (Å²) >= 11 is 0. The lowest BCUT2D eigenvalue weighted by Crippen LogP contribution is -2.53. The first-order valence-corrected chi connectivity index (χ1v) is 9.19. The number of para-hydroxylation sites is 1. The molecule has 2 heterocycles. The van der Waals surface area contributed by atoms with E-state index in [2.05, 4.69) is 10.2 Å². The Morgan fingerprint density at radius 3 is 2.69 bits per heavy atom. The number of carbonyl (C=O) groups excluding carboxylic acids is 2. The van der Waals surface area contributed by atoms with Crippen molar-refractivity contribution in [2.45, 2.75) is 31.8 Å². The molecule has 2 aliphatic rings. The molecule has 26 heavy (non-hydrogen) atoms. The molecule has 2 aromatic carbocycles. The zero-order valence-corrected chi connectivity index (χ0v) is 14.9. The monoisotopic (exact) mass is 349 g/mol. The van der Waals surface area contributed by atoms with Gasteiger partial charge in [0.2, 0.25) is 0 Å². The van der Waals surface area contributed by atoms with E-state index in [0.29, 0.717) is 11.1 Å². The zero-order chi connectivity index (χ0) is 18.1. The van der Waals surface area contributed by atoms with Gasteiger partial charge in [0.1, 0.15) is 6.17 Å². The summed E-state index contributed by atoms with van der Waals surface area (Å²) in [5.74, 6) is -0.0804. The molecular formula is C21H23N3O2. The van der Waals surface area contributed by atoms with Crippen LogP contribution >= 0.6 is 0 Å². The maximum Gasteiger partial charge on any atom is 0.257 e. The van der Waals surface area contributed by atoms with Crippen molar-refractivity contribution in [1.82, 2.24) is 4.90 Å². The van der Waals surface area contributed by atoms with Gasteiger partial charge in [-0.3, -0.25) is 9.59 Å². The summed E-state index contributed by atoms with van der Waals surface area (Å²) in [6, 6.07) is 14.8. The van der Waals surface area contributed by atoms with E-state index in [4.69, 9.17) is 0 Å². The largest absolute Gasteiger partial charge is 0.354 e. The molecule has 5 nitrogen and oxygen atoms in total. The second-order valence-electron chi connectivity index (χ2n) is 6.99. The van der Waals surface area contributed by atoms with Gasteiger partial charge in [0.05, 0.1) is 11.3 Å². The molecule has 1 fully saturated rings. The Bertz CT molecular complexity index is 834. The van der Waals surface area contributed by atoms with Gasteiger partial charge in [0.25, 0.3) is 11.8 Å². The van der Waals surface area contributed by atoms with Gasteiger partial charge in [-0.1, -0.05) is 24.6 Å². The van der Waals surface area contributed by atoms with E-state index in [1.165, 1.54) is 0 Å². The molecule has 2 amide bonds. The zero-order valence-electron chi connectivity index (χ0n) is 14.9. The molecule has 0 aromatic heterocycles. The van der Waals surface area contributed by atoms with Gasteiger partial charge in [0.15, 0.2) is 0 Å². The Balaban J connectivity index is 1.64. The second kappa shape index (κ2) is 6.83. The number of nitrogens with one attached hydrogen (secondary N) is 1. The van der Waals surface area contributed by atoms with E-state index in [9.17, 15) is 9.59 Å². The lowest BCUT2D eigenvalue weighted by atomic mass is 10.0. The van der Waals surface area contributed by atoms with Crippen molar-refractivity contribution in [3.05, 3.63) is 59.7 Å². The molecule has 2 aromatic rings. The van der Waals surface area contributed by atoms with Crippen LogP contribution < -0.4 is 10.2 Å². The Hall–Kier alpha value is -2.82. The summed E-state index contributed by atoms with van der Waals surface area (Å²) < 4.78 is 0. The van der Waals surface area contributed by atoms with E-state index in [-0.39, 0.29) is 18.0 Å². The third-order valence-corrected chi connectivity index (χ3v) is 5.33. The molecule has 1 N–H and O–H groups in total. The van der Waals surface area contributed by atoms with Crippen molar-refractivity contribution >= 4 is 23.2 Å². The van der Waals surface area contributed by atoms with Crippen LogP contribution in [0.2, 0.25) is 0 Å². The van der Waals surface area contributed by atoms with Gasteiger partial charge in [-0.25, -0.2) is 0 Å². The Kier molecular flexibility index (Phi) is 4.37. The third-order valence-electron chi connectivity index (χ3n) is 5.33. The molecular weight excluding hydrogens is 326 g/mol. The number of carbonyl (C=O) groups is 2. The smallest absolute Gasteiger partial charge is 0.257 e. The van der Waals surface area contributed by atoms with Crippen LogP contribution in [-0.2, 0) is 0 Å². The van der Waals surface area contributed by atoms with Crippen molar-refractivity contribution in [1.29, 1.82) is 0 Å². The number of hydrogen-bond acceptors (Lipinski definition) is 3. The van der Waals surface area contributed by atoms with Crippen LogP contribution in [0.5, 0.6) is 0 Å². The molecule has 1 atom stereocenters.